The quantitative estimate of drug-likeness (QED) is 0.561. The van der Waals surface area contributed by atoms with E-state index in [9.17, 15) is 14.0 Å². The normalized spacial score (nSPS) is 13.7. The van der Waals surface area contributed by atoms with Gasteiger partial charge in [0.1, 0.15) is 17.3 Å². The first-order valence-electron chi connectivity index (χ1n) is 10.1. The standard InChI is InChI=1S/C23H21ClFN3O5/c1-31-15-4-6-20(32-2)17(12-15)21-13-19(26-33-21)23(30)28-9-7-27(8-10-28)22(29)16-5-3-14(25)11-18(16)24/h3-6,11-13H,7-10H2,1-2H3. The van der Waals surface area contributed by atoms with Crippen LogP contribution >= 0.6 is 11.6 Å². The molecule has 2 amide bonds. The number of piperazine rings is 1. The first kappa shape index (κ1) is 22.6. The van der Waals surface area contributed by atoms with E-state index in [4.69, 9.17) is 25.6 Å². The van der Waals surface area contributed by atoms with Gasteiger partial charge >= 0.3 is 0 Å². The molecule has 0 spiro atoms. The number of hydrogen-bond acceptors (Lipinski definition) is 6. The van der Waals surface area contributed by atoms with Crippen LogP contribution in [0.5, 0.6) is 11.5 Å². The molecule has 0 unspecified atom stereocenters. The molecule has 2 heterocycles. The number of carbonyl (C=O) groups is 2. The van der Waals surface area contributed by atoms with E-state index in [1.807, 2.05) is 0 Å². The highest BCUT2D eigenvalue weighted by Gasteiger charge is 2.28. The molecule has 0 saturated carbocycles. The van der Waals surface area contributed by atoms with Crippen LogP contribution in [0.3, 0.4) is 0 Å². The lowest BCUT2D eigenvalue weighted by Gasteiger charge is -2.34. The predicted molar refractivity (Wildman–Crippen MR) is 118 cm³/mol. The molecular weight excluding hydrogens is 453 g/mol. The van der Waals surface area contributed by atoms with E-state index in [-0.39, 0.29) is 28.1 Å². The molecule has 0 N–H and O–H groups in total. The summed E-state index contributed by atoms with van der Waals surface area (Å²) in [5, 5.41) is 3.98. The second kappa shape index (κ2) is 9.50. The first-order valence-corrected chi connectivity index (χ1v) is 10.5. The molecule has 8 nitrogen and oxygen atoms in total. The topological polar surface area (TPSA) is 85.1 Å². The van der Waals surface area contributed by atoms with Gasteiger partial charge in [0.25, 0.3) is 11.8 Å². The number of aromatic nitrogens is 1. The molecule has 4 rings (SSSR count). The van der Waals surface area contributed by atoms with Crippen LogP contribution in [-0.4, -0.2) is 67.2 Å². The molecule has 2 aromatic carbocycles. The monoisotopic (exact) mass is 473 g/mol. The molecule has 33 heavy (non-hydrogen) atoms. The van der Waals surface area contributed by atoms with Crippen molar-refractivity contribution in [3.63, 3.8) is 0 Å². The van der Waals surface area contributed by atoms with Crippen LogP contribution in [0.15, 0.2) is 47.0 Å². The number of halogens is 2. The molecule has 3 aromatic rings. The number of rotatable bonds is 5. The van der Waals surface area contributed by atoms with Gasteiger partial charge in [0.05, 0.1) is 30.4 Å². The van der Waals surface area contributed by atoms with E-state index in [0.717, 1.165) is 6.07 Å². The van der Waals surface area contributed by atoms with E-state index in [0.29, 0.717) is 49.0 Å². The van der Waals surface area contributed by atoms with Crippen molar-refractivity contribution < 1.29 is 28.0 Å². The van der Waals surface area contributed by atoms with Crippen LogP contribution in [0.1, 0.15) is 20.8 Å². The van der Waals surface area contributed by atoms with Crippen LogP contribution in [0.4, 0.5) is 4.39 Å². The minimum atomic E-state index is -0.509. The summed E-state index contributed by atoms with van der Waals surface area (Å²) < 4.78 is 29.3. The number of nitrogens with zero attached hydrogens (tertiary/aromatic N) is 3. The lowest BCUT2D eigenvalue weighted by Crippen LogP contribution is -2.50. The summed E-state index contributed by atoms with van der Waals surface area (Å²) in [6, 6.07) is 10.4. The van der Waals surface area contributed by atoms with Crippen LogP contribution in [0.2, 0.25) is 5.02 Å². The highest BCUT2D eigenvalue weighted by atomic mass is 35.5. The first-order chi connectivity index (χ1) is 15.9. The number of benzene rings is 2. The molecule has 1 aliphatic rings. The fraction of sp³-hybridized carbons (Fsp3) is 0.261. The van der Waals surface area contributed by atoms with Crippen molar-refractivity contribution in [1.82, 2.24) is 15.0 Å². The third kappa shape index (κ3) is 4.63. The van der Waals surface area contributed by atoms with Crippen molar-refractivity contribution >= 4 is 23.4 Å². The highest BCUT2D eigenvalue weighted by Crippen LogP contribution is 2.34. The Morgan fingerprint density at radius 3 is 2.30 bits per heavy atom. The molecule has 0 aliphatic carbocycles. The second-order valence-electron chi connectivity index (χ2n) is 7.35. The van der Waals surface area contributed by atoms with Crippen LogP contribution in [0, 0.1) is 5.82 Å². The summed E-state index contributed by atoms with van der Waals surface area (Å²) in [6.45, 7) is 1.25. The van der Waals surface area contributed by atoms with Gasteiger partial charge in [0.15, 0.2) is 11.5 Å². The largest absolute Gasteiger partial charge is 0.497 e. The summed E-state index contributed by atoms with van der Waals surface area (Å²) in [7, 11) is 3.09. The lowest BCUT2D eigenvalue weighted by molar-refractivity contribution is 0.0530. The summed E-state index contributed by atoms with van der Waals surface area (Å²) in [4.78, 5) is 28.8. The number of amides is 2. The van der Waals surface area contributed by atoms with E-state index in [1.165, 1.54) is 19.2 Å². The van der Waals surface area contributed by atoms with E-state index in [1.54, 1.807) is 41.2 Å². The molecule has 1 aromatic heterocycles. The summed E-state index contributed by atoms with van der Waals surface area (Å²) >= 11 is 6.01. The van der Waals surface area contributed by atoms with Gasteiger partial charge in [-0.25, -0.2) is 4.39 Å². The Morgan fingerprint density at radius 1 is 0.970 bits per heavy atom. The van der Waals surface area contributed by atoms with Crippen LogP contribution in [-0.2, 0) is 0 Å². The zero-order chi connectivity index (χ0) is 23.5. The average molecular weight is 474 g/mol. The molecular formula is C23H21ClFN3O5. The van der Waals surface area contributed by atoms with Crippen LogP contribution < -0.4 is 9.47 Å². The molecule has 1 fully saturated rings. The number of ether oxygens (including phenoxy) is 2. The maximum Gasteiger partial charge on any atom is 0.276 e. The van der Waals surface area contributed by atoms with Crippen molar-refractivity contribution in [3.8, 4) is 22.8 Å². The second-order valence-corrected chi connectivity index (χ2v) is 7.76. The predicted octanol–water partition coefficient (Wildman–Crippen LogP) is 3.75. The molecule has 1 saturated heterocycles. The summed E-state index contributed by atoms with van der Waals surface area (Å²) in [6.07, 6.45) is 0. The van der Waals surface area contributed by atoms with Gasteiger partial charge in [0.2, 0.25) is 0 Å². The van der Waals surface area contributed by atoms with Crippen LogP contribution in [0.25, 0.3) is 11.3 Å². The molecule has 1 aliphatic heterocycles. The van der Waals surface area contributed by atoms with E-state index in [2.05, 4.69) is 5.16 Å². The third-order valence-corrected chi connectivity index (χ3v) is 5.73. The molecule has 0 bridgehead atoms. The Hall–Kier alpha value is -3.59. The van der Waals surface area contributed by atoms with Gasteiger partial charge in [-0.15, -0.1) is 0 Å². The highest BCUT2D eigenvalue weighted by molar-refractivity contribution is 6.33. The Morgan fingerprint density at radius 2 is 1.67 bits per heavy atom. The van der Waals surface area contributed by atoms with Gasteiger partial charge in [-0.2, -0.15) is 0 Å². The molecule has 10 heteroatoms. The molecule has 0 radical (unpaired) electrons. The van der Waals surface area contributed by atoms with Gasteiger partial charge in [-0.3, -0.25) is 9.59 Å². The fourth-order valence-electron chi connectivity index (χ4n) is 3.62. The van der Waals surface area contributed by atoms with Crippen molar-refractivity contribution in [1.29, 1.82) is 0 Å². The lowest BCUT2D eigenvalue weighted by atomic mass is 10.1. The van der Waals surface area contributed by atoms with Gasteiger partial charge < -0.3 is 23.8 Å². The van der Waals surface area contributed by atoms with Crippen molar-refractivity contribution in [2.75, 3.05) is 40.4 Å². The smallest absolute Gasteiger partial charge is 0.276 e. The number of hydrogen-bond donors (Lipinski definition) is 0. The fourth-order valence-corrected chi connectivity index (χ4v) is 3.87. The number of methoxy groups -OCH3 is 2. The zero-order valence-electron chi connectivity index (χ0n) is 18.0. The maximum atomic E-state index is 13.3. The van der Waals surface area contributed by atoms with Crippen molar-refractivity contribution in [2.24, 2.45) is 0 Å². The van der Waals surface area contributed by atoms with Gasteiger partial charge in [-0.1, -0.05) is 16.8 Å². The SMILES string of the molecule is COc1ccc(OC)c(-c2cc(C(=O)N3CCN(C(=O)c4ccc(F)cc4Cl)CC3)no2)c1. The molecule has 0 atom stereocenters. The Labute approximate surface area is 194 Å². The Kier molecular flexibility index (Phi) is 6.50. The summed E-state index contributed by atoms with van der Waals surface area (Å²) in [5.74, 6) is 0.411. The van der Waals surface area contributed by atoms with Crippen molar-refractivity contribution in [3.05, 3.63) is 64.6 Å². The van der Waals surface area contributed by atoms with Gasteiger partial charge in [0, 0.05) is 32.2 Å². The maximum absolute atomic E-state index is 13.3. The Bertz CT molecular complexity index is 1190. The minimum Gasteiger partial charge on any atom is -0.497 e. The van der Waals surface area contributed by atoms with Crippen molar-refractivity contribution in [2.45, 2.75) is 0 Å². The van der Waals surface area contributed by atoms with Gasteiger partial charge in [-0.05, 0) is 36.4 Å². The minimum absolute atomic E-state index is 0.0570. The summed E-state index contributed by atoms with van der Waals surface area (Å²) in [5.41, 5.74) is 0.984. The van der Waals surface area contributed by atoms with E-state index >= 15 is 0 Å². The third-order valence-electron chi connectivity index (χ3n) is 5.42. The zero-order valence-corrected chi connectivity index (χ0v) is 18.8. The molecule has 172 valence electrons. The Balaban J connectivity index is 1.44. The average Bonchev–Trinajstić information content (AvgIpc) is 3.33. The number of carbonyl (C=O) groups excluding carboxylic acids is 2. The van der Waals surface area contributed by atoms with E-state index < -0.39 is 5.82 Å².